The molecule has 1 amide bonds. The molecule has 0 saturated heterocycles. The van der Waals surface area contributed by atoms with Gasteiger partial charge in [0.1, 0.15) is 23.1 Å². The van der Waals surface area contributed by atoms with Gasteiger partial charge in [0.2, 0.25) is 0 Å². The van der Waals surface area contributed by atoms with Crippen molar-refractivity contribution in [3.63, 3.8) is 0 Å². The van der Waals surface area contributed by atoms with E-state index in [0.29, 0.717) is 12.8 Å². The number of aryl methyl sites for hydroxylation is 2. The van der Waals surface area contributed by atoms with Gasteiger partial charge in [0.15, 0.2) is 11.6 Å². The lowest BCUT2D eigenvalue weighted by molar-refractivity contribution is -0.148. The number of pyridine rings is 1. The lowest BCUT2D eigenvalue weighted by Crippen LogP contribution is -2.50. The van der Waals surface area contributed by atoms with E-state index < -0.39 is 5.60 Å². The summed E-state index contributed by atoms with van der Waals surface area (Å²) in [7, 11) is 1.63. The number of hydrogen-bond acceptors (Lipinski definition) is 9. The maximum absolute atomic E-state index is 13.6. The summed E-state index contributed by atoms with van der Waals surface area (Å²) >= 11 is 0. The Morgan fingerprint density at radius 3 is 2.69 bits per heavy atom. The van der Waals surface area contributed by atoms with Gasteiger partial charge >= 0.3 is 0 Å². The maximum atomic E-state index is 13.6. The van der Waals surface area contributed by atoms with E-state index in [1.165, 1.54) is 0 Å². The first-order valence-electron chi connectivity index (χ1n) is 14.6. The number of anilines is 3. The molecule has 1 aliphatic heterocycles. The van der Waals surface area contributed by atoms with Gasteiger partial charge in [-0.2, -0.15) is 10.2 Å². The summed E-state index contributed by atoms with van der Waals surface area (Å²) in [5.41, 5.74) is 3.15. The second kappa shape index (κ2) is 11.5. The number of carbonyl (C=O) groups is 1. The molecule has 4 aromatic rings. The number of rotatable bonds is 8. The average molecular weight is 571 g/mol. The van der Waals surface area contributed by atoms with Crippen LogP contribution in [0, 0.1) is 13.8 Å². The van der Waals surface area contributed by atoms with E-state index in [2.05, 4.69) is 36.2 Å². The summed E-state index contributed by atoms with van der Waals surface area (Å²) < 4.78 is 7.66. The number of carbonyl (C=O) groups excluding carboxylic acids is 1. The van der Waals surface area contributed by atoms with E-state index in [9.17, 15) is 4.79 Å². The van der Waals surface area contributed by atoms with Crippen molar-refractivity contribution in [2.45, 2.75) is 76.9 Å². The van der Waals surface area contributed by atoms with Crippen LogP contribution < -0.4 is 16.0 Å². The molecule has 0 aromatic carbocycles. The highest BCUT2D eigenvalue weighted by atomic mass is 16.5. The first-order chi connectivity index (χ1) is 20.3. The van der Waals surface area contributed by atoms with Crippen molar-refractivity contribution in [3.05, 3.63) is 65.0 Å². The van der Waals surface area contributed by atoms with Gasteiger partial charge in [0, 0.05) is 49.3 Å². The van der Waals surface area contributed by atoms with Crippen LogP contribution in [-0.4, -0.2) is 60.1 Å². The van der Waals surface area contributed by atoms with Crippen LogP contribution in [0.3, 0.4) is 0 Å². The van der Waals surface area contributed by atoms with Crippen molar-refractivity contribution >= 4 is 23.4 Å². The second-order valence-electron chi connectivity index (χ2n) is 11.4. The number of fused-ring (bicyclic) bond motifs is 1. The number of nitrogens with one attached hydrogen (secondary N) is 4. The fourth-order valence-corrected chi connectivity index (χ4v) is 5.85. The normalized spacial score (nSPS) is 20.8. The Labute approximate surface area is 245 Å². The number of methoxy groups -OCH3 is 1. The quantitative estimate of drug-likeness (QED) is 0.242. The van der Waals surface area contributed by atoms with E-state index in [0.717, 1.165) is 83.7 Å². The van der Waals surface area contributed by atoms with Crippen LogP contribution in [-0.2, 0) is 16.0 Å². The molecule has 4 aromatic heterocycles. The van der Waals surface area contributed by atoms with Crippen molar-refractivity contribution in [2.75, 3.05) is 24.3 Å². The highest BCUT2D eigenvalue weighted by Crippen LogP contribution is 2.41. The summed E-state index contributed by atoms with van der Waals surface area (Å²) in [6.45, 7) is 6.81. The Hall–Kier alpha value is -4.32. The molecule has 4 N–H and O–H groups in total. The van der Waals surface area contributed by atoms with Gasteiger partial charge in [0.05, 0.1) is 12.2 Å². The summed E-state index contributed by atoms with van der Waals surface area (Å²) in [6.07, 6.45) is 10.1. The molecule has 1 atom stereocenters. The lowest BCUT2D eigenvalue weighted by atomic mass is 9.77. The van der Waals surface area contributed by atoms with Gasteiger partial charge in [-0.1, -0.05) is 6.07 Å². The highest BCUT2D eigenvalue weighted by Gasteiger charge is 2.43. The first kappa shape index (κ1) is 27.8. The molecule has 1 saturated carbocycles. The summed E-state index contributed by atoms with van der Waals surface area (Å²) in [4.78, 5) is 28.0. The second-order valence-corrected chi connectivity index (χ2v) is 11.4. The molecule has 0 radical (unpaired) electrons. The van der Waals surface area contributed by atoms with Crippen LogP contribution in [0.2, 0.25) is 0 Å². The number of amides is 1. The molecule has 12 nitrogen and oxygen atoms in total. The minimum Gasteiger partial charge on any atom is -0.370 e. The summed E-state index contributed by atoms with van der Waals surface area (Å²) in [5.74, 6) is 3.96. The lowest BCUT2D eigenvalue weighted by Gasteiger charge is -2.38. The third-order valence-electron chi connectivity index (χ3n) is 8.40. The highest BCUT2D eigenvalue weighted by molar-refractivity contribution is 5.85. The Bertz CT molecular complexity index is 1550. The fourth-order valence-electron chi connectivity index (χ4n) is 5.85. The third kappa shape index (κ3) is 5.58. The topological polar surface area (TPSA) is 148 Å². The van der Waals surface area contributed by atoms with E-state index in [-0.39, 0.29) is 17.9 Å². The molecule has 220 valence electrons. The van der Waals surface area contributed by atoms with Crippen LogP contribution >= 0.6 is 0 Å². The van der Waals surface area contributed by atoms with Crippen molar-refractivity contribution in [1.29, 1.82) is 0 Å². The SMILES string of the molecule is CO[C@]1(C(=O)N[C@@H](C)c2ccc(-n3cc(C)cn3)nc2)CC[C@H](c2nc3c(c(Nc4cc(C)[nH]n4)n2)CCCN3)CC1. The largest absolute Gasteiger partial charge is 0.370 e. The number of nitrogens with zero attached hydrogens (tertiary/aromatic N) is 6. The monoisotopic (exact) mass is 570 g/mol. The molecule has 12 heteroatoms. The number of hydrogen-bond donors (Lipinski definition) is 4. The molecular formula is C30H38N10O2. The van der Waals surface area contributed by atoms with Crippen LogP contribution in [0.25, 0.3) is 5.82 Å². The molecule has 0 spiro atoms. The Morgan fingerprint density at radius 2 is 2.02 bits per heavy atom. The van der Waals surface area contributed by atoms with E-state index >= 15 is 0 Å². The molecule has 0 unspecified atom stereocenters. The van der Waals surface area contributed by atoms with Crippen molar-refractivity contribution < 1.29 is 9.53 Å². The number of aromatic amines is 1. The molecule has 2 aliphatic rings. The van der Waals surface area contributed by atoms with E-state index in [1.807, 2.05) is 45.2 Å². The van der Waals surface area contributed by atoms with E-state index in [1.54, 1.807) is 24.2 Å². The van der Waals surface area contributed by atoms with Gasteiger partial charge < -0.3 is 20.7 Å². The first-order valence-corrected chi connectivity index (χ1v) is 14.6. The predicted octanol–water partition coefficient (Wildman–Crippen LogP) is 4.42. The maximum Gasteiger partial charge on any atom is 0.252 e. The van der Waals surface area contributed by atoms with Crippen LogP contribution in [0.15, 0.2) is 36.8 Å². The van der Waals surface area contributed by atoms with Crippen LogP contribution in [0.1, 0.15) is 79.2 Å². The Kier molecular flexibility index (Phi) is 7.63. The molecule has 1 fully saturated rings. The molecule has 1 aliphatic carbocycles. The van der Waals surface area contributed by atoms with Crippen LogP contribution in [0.4, 0.5) is 17.5 Å². The van der Waals surface area contributed by atoms with Crippen molar-refractivity contribution in [1.82, 2.24) is 40.2 Å². The van der Waals surface area contributed by atoms with Gasteiger partial charge in [-0.3, -0.25) is 9.89 Å². The molecule has 6 rings (SSSR count). The number of aromatic nitrogens is 7. The summed E-state index contributed by atoms with van der Waals surface area (Å²) in [5, 5.41) is 21.6. The van der Waals surface area contributed by atoms with Crippen molar-refractivity contribution in [3.8, 4) is 5.82 Å². The minimum absolute atomic E-state index is 0.105. The van der Waals surface area contributed by atoms with Gasteiger partial charge in [-0.25, -0.2) is 19.6 Å². The predicted molar refractivity (Wildman–Crippen MR) is 159 cm³/mol. The minimum atomic E-state index is -0.898. The number of ether oxygens (including phenoxy) is 1. The molecular weight excluding hydrogens is 532 g/mol. The zero-order chi connectivity index (χ0) is 29.3. The Balaban J connectivity index is 1.13. The van der Waals surface area contributed by atoms with Gasteiger partial charge in [0.25, 0.3) is 5.91 Å². The Morgan fingerprint density at radius 1 is 1.19 bits per heavy atom. The van der Waals surface area contributed by atoms with Crippen molar-refractivity contribution in [2.24, 2.45) is 0 Å². The molecule has 0 bridgehead atoms. The fraction of sp³-hybridized carbons (Fsp3) is 0.467. The standard InChI is InChI=1S/C30H38N10O2/c1-18-15-33-40(17-18)25-8-7-22(16-32-25)20(3)34-29(41)30(42-4)11-9-21(10-12-30)26-36-27-23(6-5-13-31-27)28(37-26)35-24-14-19(2)38-39-24/h7-8,14-17,20-21H,5-6,9-13H2,1-4H3,(H,34,41)(H3,31,35,36,37,38,39)/t20-,21-,30+/m0/s1. The molecule has 42 heavy (non-hydrogen) atoms. The third-order valence-corrected chi connectivity index (χ3v) is 8.40. The van der Waals surface area contributed by atoms with Gasteiger partial charge in [-0.05, 0) is 76.5 Å². The molecule has 5 heterocycles. The van der Waals surface area contributed by atoms with Gasteiger partial charge in [-0.15, -0.1) is 0 Å². The van der Waals surface area contributed by atoms with Crippen LogP contribution in [0.5, 0.6) is 0 Å². The number of H-pyrrole nitrogens is 1. The summed E-state index contributed by atoms with van der Waals surface area (Å²) in [6, 6.07) is 5.61. The zero-order valence-corrected chi connectivity index (χ0v) is 24.6. The van der Waals surface area contributed by atoms with E-state index in [4.69, 9.17) is 14.7 Å². The zero-order valence-electron chi connectivity index (χ0n) is 24.6. The smallest absolute Gasteiger partial charge is 0.252 e. The average Bonchev–Trinajstić information content (AvgIpc) is 3.64.